The van der Waals surface area contributed by atoms with E-state index in [2.05, 4.69) is 24.2 Å². The maximum Gasteiger partial charge on any atom is 0.256 e. The van der Waals surface area contributed by atoms with Gasteiger partial charge in [0, 0.05) is 0 Å². The zero-order valence-corrected chi connectivity index (χ0v) is 14.4. The predicted octanol–water partition coefficient (Wildman–Crippen LogP) is 4.30. The summed E-state index contributed by atoms with van der Waals surface area (Å²) in [5.74, 6) is 0.0630. The van der Waals surface area contributed by atoms with Crippen LogP contribution in [0.3, 0.4) is 0 Å². The van der Waals surface area contributed by atoms with Crippen LogP contribution >= 0.6 is 11.8 Å². The molecule has 1 saturated heterocycles. The van der Waals surface area contributed by atoms with Crippen molar-refractivity contribution in [2.75, 3.05) is 0 Å². The molecule has 4 heteroatoms. The molecule has 3 rings (SSSR count). The van der Waals surface area contributed by atoms with Crippen LogP contribution in [0.4, 0.5) is 0 Å². The molecule has 1 fully saturated rings. The Morgan fingerprint density at radius 2 is 1.70 bits per heavy atom. The van der Waals surface area contributed by atoms with E-state index in [-0.39, 0.29) is 16.5 Å². The Morgan fingerprint density at radius 1 is 1.04 bits per heavy atom. The number of hydrogen-bond acceptors (Lipinski definition) is 3. The number of nitrogens with zero attached hydrogens (tertiary/aromatic N) is 2. The molecule has 0 unspecified atom stereocenters. The van der Waals surface area contributed by atoms with Crippen LogP contribution in [0.5, 0.6) is 0 Å². The van der Waals surface area contributed by atoms with Gasteiger partial charge in [-0.05, 0) is 43.0 Å². The van der Waals surface area contributed by atoms with Gasteiger partial charge in [-0.2, -0.15) is 5.10 Å². The summed E-state index contributed by atoms with van der Waals surface area (Å²) in [5.41, 5.74) is 4.52. The number of amides is 1. The minimum atomic E-state index is -0.0753. The molecular formula is C19H20N2OS. The summed E-state index contributed by atoms with van der Waals surface area (Å²) in [6.45, 7) is 6.07. The van der Waals surface area contributed by atoms with Crippen LogP contribution in [0.1, 0.15) is 34.6 Å². The van der Waals surface area contributed by atoms with E-state index in [1.807, 2.05) is 50.2 Å². The SMILES string of the molecule is Cc1ccccc1/C=N\N1C(=O)[C@@H](C)S[C@@H]1c1ccccc1C. The van der Waals surface area contributed by atoms with Gasteiger partial charge in [0.2, 0.25) is 0 Å². The number of hydrazone groups is 1. The molecule has 1 heterocycles. The smallest absolute Gasteiger partial charge is 0.256 e. The second-order valence-electron chi connectivity index (χ2n) is 5.77. The van der Waals surface area contributed by atoms with Gasteiger partial charge in [-0.3, -0.25) is 4.79 Å². The van der Waals surface area contributed by atoms with Crippen molar-refractivity contribution in [1.29, 1.82) is 0 Å². The van der Waals surface area contributed by atoms with E-state index in [1.54, 1.807) is 23.0 Å². The number of carbonyl (C=O) groups is 1. The molecule has 0 saturated carbocycles. The normalized spacial score (nSPS) is 21.3. The molecule has 0 aromatic heterocycles. The lowest BCUT2D eigenvalue weighted by Gasteiger charge is -2.20. The summed E-state index contributed by atoms with van der Waals surface area (Å²) < 4.78 is 0. The van der Waals surface area contributed by atoms with Crippen LogP contribution in [-0.4, -0.2) is 22.4 Å². The highest BCUT2D eigenvalue weighted by molar-refractivity contribution is 8.01. The Balaban J connectivity index is 1.93. The monoisotopic (exact) mass is 324 g/mol. The van der Waals surface area contributed by atoms with Crippen molar-refractivity contribution in [3.63, 3.8) is 0 Å². The molecule has 23 heavy (non-hydrogen) atoms. The third-order valence-corrected chi connectivity index (χ3v) is 5.41. The summed E-state index contributed by atoms with van der Waals surface area (Å²) in [6.07, 6.45) is 1.79. The first kappa shape index (κ1) is 15.8. The second kappa shape index (κ2) is 6.59. The Bertz CT molecular complexity index is 757. The number of aryl methyl sites for hydroxylation is 2. The largest absolute Gasteiger partial charge is 0.272 e. The molecule has 2 aromatic carbocycles. The van der Waals surface area contributed by atoms with Gasteiger partial charge < -0.3 is 0 Å². The van der Waals surface area contributed by atoms with Crippen molar-refractivity contribution in [2.24, 2.45) is 5.10 Å². The average Bonchev–Trinajstić information content (AvgIpc) is 2.82. The van der Waals surface area contributed by atoms with Crippen molar-refractivity contribution in [3.8, 4) is 0 Å². The van der Waals surface area contributed by atoms with Gasteiger partial charge in [0.1, 0.15) is 5.37 Å². The summed E-state index contributed by atoms with van der Waals surface area (Å²) in [7, 11) is 0. The first-order valence-electron chi connectivity index (χ1n) is 7.71. The highest BCUT2D eigenvalue weighted by Crippen LogP contribution is 2.44. The minimum absolute atomic E-state index is 0.0565. The Kier molecular flexibility index (Phi) is 4.53. The van der Waals surface area contributed by atoms with E-state index in [0.717, 1.165) is 16.7 Å². The quantitative estimate of drug-likeness (QED) is 0.789. The summed E-state index contributed by atoms with van der Waals surface area (Å²) in [5, 5.41) is 6.02. The number of rotatable bonds is 3. The average molecular weight is 324 g/mol. The topological polar surface area (TPSA) is 32.7 Å². The lowest BCUT2D eigenvalue weighted by Crippen LogP contribution is -2.25. The van der Waals surface area contributed by atoms with E-state index in [1.165, 1.54) is 5.56 Å². The first-order chi connectivity index (χ1) is 11.1. The molecular weight excluding hydrogens is 304 g/mol. The molecule has 1 aliphatic heterocycles. The van der Waals surface area contributed by atoms with Gasteiger partial charge >= 0.3 is 0 Å². The van der Waals surface area contributed by atoms with Crippen LogP contribution in [0.15, 0.2) is 53.6 Å². The first-order valence-corrected chi connectivity index (χ1v) is 8.66. The molecule has 0 spiro atoms. The molecule has 2 aromatic rings. The Labute approximate surface area is 141 Å². The molecule has 0 bridgehead atoms. The highest BCUT2D eigenvalue weighted by atomic mass is 32.2. The van der Waals surface area contributed by atoms with Crippen molar-refractivity contribution >= 4 is 23.9 Å². The summed E-state index contributed by atoms with van der Waals surface area (Å²) >= 11 is 1.65. The lowest BCUT2D eigenvalue weighted by molar-refractivity contribution is -0.129. The van der Waals surface area contributed by atoms with Crippen LogP contribution in [0.2, 0.25) is 0 Å². The van der Waals surface area contributed by atoms with Gasteiger partial charge in [-0.25, -0.2) is 5.01 Å². The van der Waals surface area contributed by atoms with Gasteiger partial charge in [0.25, 0.3) is 5.91 Å². The van der Waals surface area contributed by atoms with Gasteiger partial charge in [0.05, 0.1) is 11.5 Å². The molecule has 1 amide bonds. The minimum Gasteiger partial charge on any atom is -0.272 e. The third kappa shape index (κ3) is 3.17. The fourth-order valence-corrected chi connectivity index (χ4v) is 3.95. The number of carbonyl (C=O) groups excluding carboxylic acids is 1. The third-order valence-electron chi connectivity index (χ3n) is 4.09. The zero-order chi connectivity index (χ0) is 16.4. The van der Waals surface area contributed by atoms with Crippen molar-refractivity contribution < 1.29 is 4.79 Å². The standard InChI is InChI=1S/C19H20N2OS/c1-13-8-4-6-10-16(13)12-20-21-18(22)15(3)23-19(21)17-11-7-5-9-14(17)2/h4-12,15,19H,1-3H3/b20-12-/t15-,19-/m1/s1. The van der Waals surface area contributed by atoms with E-state index in [0.29, 0.717) is 0 Å². The van der Waals surface area contributed by atoms with Crippen molar-refractivity contribution in [2.45, 2.75) is 31.4 Å². The molecule has 0 N–H and O–H groups in total. The van der Waals surface area contributed by atoms with Crippen LogP contribution in [-0.2, 0) is 4.79 Å². The molecule has 2 atom stereocenters. The highest BCUT2D eigenvalue weighted by Gasteiger charge is 2.39. The van der Waals surface area contributed by atoms with E-state index < -0.39 is 0 Å². The van der Waals surface area contributed by atoms with Gasteiger partial charge in [0.15, 0.2) is 0 Å². The molecule has 1 aliphatic rings. The second-order valence-corrected chi connectivity index (χ2v) is 7.20. The Morgan fingerprint density at radius 3 is 2.39 bits per heavy atom. The van der Waals surface area contributed by atoms with Crippen molar-refractivity contribution in [1.82, 2.24) is 5.01 Å². The lowest BCUT2D eigenvalue weighted by atomic mass is 10.1. The maximum atomic E-state index is 12.5. The maximum absolute atomic E-state index is 12.5. The summed E-state index contributed by atoms with van der Waals surface area (Å²) in [4.78, 5) is 12.5. The van der Waals surface area contributed by atoms with E-state index in [9.17, 15) is 4.79 Å². The fraction of sp³-hybridized carbons (Fsp3) is 0.263. The number of benzene rings is 2. The zero-order valence-electron chi connectivity index (χ0n) is 13.6. The Hall–Kier alpha value is -2.07. The molecule has 3 nitrogen and oxygen atoms in total. The van der Waals surface area contributed by atoms with Gasteiger partial charge in [-0.15, -0.1) is 11.8 Å². The number of hydrogen-bond donors (Lipinski definition) is 0. The summed E-state index contributed by atoms with van der Waals surface area (Å²) in [6, 6.07) is 16.2. The van der Waals surface area contributed by atoms with Gasteiger partial charge in [-0.1, -0.05) is 48.5 Å². The van der Waals surface area contributed by atoms with E-state index in [4.69, 9.17) is 0 Å². The van der Waals surface area contributed by atoms with Crippen molar-refractivity contribution in [3.05, 3.63) is 70.8 Å². The van der Waals surface area contributed by atoms with Crippen LogP contribution < -0.4 is 0 Å². The van der Waals surface area contributed by atoms with Crippen LogP contribution in [0.25, 0.3) is 0 Å². The van der Waals surface area contributed by atoms with Crippen LogP contribution in [0, 0.1) is 13.8 Å². The number of thioether (sulfide) groups is 1. The van der Waals surface area contributed by atoms with E-state index >= 15 is 0 Å². The predicted molar refractivity (Wildman–Crippen MR) is 96.6 cm³/mol. The molecule has 0 radical (unpaired) electrons. The fourth-order valence-electron chi connectivity index (χ4n) is 2.65. The molecule has 118 valence electrons. The molecule has 0 aliphatic carbocycles.